The van der Waals surface area contributed by atoms with Gasteiger partial charge in [0.2, 0.25) is 0 Å². The summed E-state index contributed by atoms with van der Waals surface area (Å²) >= 11 is 1.48. The van der Waals surface area contributed by atoms with E-state index < -0.39 is 0 Å². The van der Waals surface area contributed by atoms with Gasteiger partial charge in [-0.25, -0.2) is 4.99 Å². The van der Waals surface area contributed by atoms with Crippen LogP contribution in [0.2, 0.25) is 0 Å². The molecule has 0 radical (unpaired) electrons. The van der Waals surface area contributed by atoms with Crippen LogP contribution in [-0.4, -0.2) is 5.17 Å². The van der Waals surface area contributed by atoms with Gasteiger partial charge in [-0.1, -0.05) is 30.0 Å². The topological polar surface area (TPSA) is 47.6 Å². The highest BCUT2D eigenvalue weighted by molar-refractivity contribution is 8.17. The molecule has 0 saturated heterocycles. The van der Waals surface area contributed by atoms with Gasteiger partial charge in [0.1, 0.15) is 18.1 Å². The minimum absolute atomic E-state index is 0.0601. The van der Waals surface area contributed by atoms with Gasteiger partial charge >= 0.3 is 0 Å². The molecule has 1 aromatic rings. The summed E-state index contributed by atoms with van der Waals surface area (Å²) in [5.74, 6) is 0.875. The van der Waals surface area contributed by atoms with E-state index >= 15 is 0 Å². The summed E-state index contributed by atoms with van der Waals surface area (Å²) in [5, 5.41) is 0.613. The third kappa shape index (κ3) is 1.04. The van der Waals surface area contributed by atoms with Gasteiger partial charge in [-0.2, -0.15) is 0 Å². The van der Waals surface area contributed by atoms with E-state index in [1.165, 1.54) is 11.8 Å². The van der Waals surface area contributed by atoms with Crippen molar-refractivity contribution in [1.29, 1.82) is 0 Å². The quantitative estimate of drug-likeness (QED) is 0.703. The highest BCUT2D eigenvalue weighted by atomic mass is 32.2. The van der Waals surface area contributed by atoms with Crippen molar-refractivity contribution in [2.75, 3.05) is 0 Å². The molecule has 4 heteroatoms. The number of benzene rings is 1. The van der Waals surface area contributed by atoms with Crippen LogP contribution in [0.4, 0.5) is 0 Å². The van der Waals surface area contributed by atoms with Gasteiger partial charge in [0.25, 0.3) is 0 Å². The van der Waals surface area contributed by atoms with Gasteiger partial charge in [0, 0.05) is 5.56 Å². The van der Waals surface area contributed by atoms with E-state index in [9.17, 15) is 0 Å². The number of fused-ring (bicyclic) bond motifs is 3. The molecule has 0 fully saturated rings. The first-order valence-electron chi connectivity index (χ1n) is 4.31. The predicted molar refractivity (Wildman–Crippen MR) is 57.1 cm³/mol. The molecule has 0 spiro atoms. The summed E-state index contributed by atoms with van der Waals surface area (Å²) in [4.78, 5) is 5.43. The summed E-state index contributed by atoms with van der Waals surface area (Å²) in [7, 11) is 0. The number of thioether (sulfide) groups is 1. The fourth-order valence-electron chi connectivity index (χ4n) is 1.64. The van der Waals surface area contributed by atoms with Crippen LogP contribution < -0.4 is 10.5 Å². The Kier molecular flexibility index (Phi) is 1.58. The van der Waals surface area contributed by atoms with Crippen LogP contribution in [0.25, 0.3) is 0 Å². The van der Waals surface area contributed by atoms with E-state index in [2.05, 4.69) is 4.99 Å². The van der Waals surface area contributed by atoms with Crippen LogP contribution in [0.5, 0.6) is 5.75 Å². The molecule has 3 nitrogen and oxygen atoms in total. The normalized spacial score (nSPS) is 23.0. The molecular formula is C10H8N2OS. The number of para-hydroxylation sites is 1. The zero-order chi connectivity index (χ0) is 9.54. The van der Waals surface area contributed by atoms with Crippen molar-refractivity contribution in [3.63, 3.8) is 0 Å². The zero-order valence-electron chi connectivity index (χ0n) is 7.31. The van der Waals surface area contributed by atoms with Crippen molar-refractivity contribution in [3.05, 3.63) is 41.0 Å². The molecular weight excluding hydrogens is 196 g/mol. The van der Waals surface area contributed by atoms with Gasteiger partial charge in [0.15, 0.2) is 5.17 Å². The number of aliphatic imine (C=N–C) groups is 1. The van der Waals surface area contributed by atoms with Crippen molar-refractivity contribution < 1.29 is 4.74 Å². The summed E-state index contributed by atoms with van der Waals surface area (Å²) in [5.41, 5.74) is 6.76. The third-order valence-corrected chi connectivity index (χ3v) is 3.13. The Morgan fingerprint density at radius 3 is 3.14 bits per heavy atom. The highest BCUT2D eigenvalue weighted by Crippen LogP contribution is 2.45. The van der Waals surface area contributed by atoms with Crippen LogP contribution in [0.1, 0.15) is 11.6 Å². The molecule has 0 aliphatic carbocycles. The first kappa shape index (κ1) is 7.94. The van der Waals surface area contributed by atoms with Gasteiger partial charge in [-0.15, -0.1) is 0 Å². The lowest BCUT2D eigenvalue weighted by molar-refractivity contribution is 0.453. The fourth-order valence-corrected chi connectivity index (χ4v) is 2.43. The largest absolute Gasteiger partial charge is 0.464 e. The number of amidine groups is 1. The van der Waals surface area contributed by atoms with E-state index in [-0.39, 0.29) is 6.04 Å². The molecule has 0 amide bonds. The van der Waals surface area contributed by atoms with Gasteiger partial charge in [0.05, 0.1) is 4.91 Å². The maximum absolute atomic E-state index is 5.67. The second kappa shape index (κ2) is 2.78. The first-order valence-corrected chi connectivity index (χ1v) is 5.13. The van der Waals surface area contributed by atoms with Crippen LogP contribution in [0, 0.1) is 0 Å². The second-order valence-corrected chi connectivity index (χ2v) is 4.24. The van der Waals surface area contributed by atoms with E-state index in [0.717, 1.165) is 16.2 Å². The van der Waals surface area contributed by atoms with Gasteiger partial charge < -0.3 is 10.5 Å². The van der Waals surface area contributed by atoms with Crippen LogP contribution in [0.3, 0.4) is 0 Å². The van der Waals surface area contributed by atoms with E-state index in [0.29, 0.717) is 5.17 Å². The number of hydrogen-bond donors (Lipinski definition) is 1. The standard InChI is InChI=1S/C10H8N2OS/c11-10-12-9-6-3-1-2-4-7(6)13-5-8(9)14-10/h1-5,9H,(H2,11,12). The first-order chi connectivity index (χ1) is 6.84. The summed E-state index contributed by atoms with van der Waals surface area (Å²) < 4.78 is 5.47. The van der Waals surface area contributed by atoms with Gasteiger partial charge in [-0.05, 0) is 6.07 Å². The molecule has 3 rings (SSSR count). The lowest BCUT2D eigenvalue weighted by Gasteiger charge is -2.18. The van der Waals surface area contributed by atoms with Crippen molar-refractivity contribution in [2.24, 2.45) is 10.7 Å². The summed E-state index contributed by atoms with van der Waals surface area (Å²) in [6.07, 6.45) is 1.74. The Morgan fingerprint density at radius 2 is 2.21 bits per heavy atom. The average Bonchev–Trinajstić information content (AvgIpc) is 2.59. The molecule has 0 saturated carbocycles. The number of ether oxygens (including phenoxy) is 1. The average molecular weight is 204 g/mol. The van der Waals surface area contributed by atoms with Crippen molar-refractivity contribution in [2.45, 2.75) is 6.04 Å². The molecule has 1 atom stereocenters. The maximum Gasteiger partial charge on any atom is 0.159 e. The Morgan fingerprint density at radius 1 is 1.36 bits per heavy atom. The molecule has 14 heavy (non-hydrogen) atoms. The number of rotatable bonds is 0. The Bertz CT molecular complexity index is 453. The molecule has 1 aromatic carbocycles. The Labute approximate surface area is 85.7 Å². The number of hydrogen-bond acceptors (Lipinski definition) is 4. The van der Waals surface area contributed by atoms with E-state index in [1.54, 1.807) is 6.26 Å². The van der Waals surface area contributed by atoms with Crippen LogP contribution >= 0.6 is 11.8 Å². The summed E-state index contributed by atoms with van der Waals surface area (Å²) in [6.45, 7) is 0. The van der Waals surface area contributed by atoms with E-state index in [4.69, 9.17) is 10.5 Å². The molecule has 2 aliphatic heterocycles. The number of nitrogens with two attached hydrogens (primary N) is 1. The van der Waals surface area contributed by atoms with Crippen LogP contribution in [0.15, 0.2) is 40.4 Å². The van der Waals surface area contributed by atoms with E-state index in [1.807, 2.05) is 24.3 Å². The Balaban J connectivity index is 2.14. The van der Waals surface area contributed by atoms with Crippen molar-refractivity contribution >= 4 is 16.9 Å². The SMILES string of the molecule is NC1=NC2C(=COc3ccccc32)S1. The second-order valence-electron chi connectivity index (χ2n) is 3.15. The molecule has 0 aromatic heterocycles. The molecule has 0 bridgehead atoms. The minimum atomic E-state index is 0.0601. The van der Waals surface area contributed by atoms with Gasteiger partial charge in [-0.3, -0.25) is 0 Å². The zero-order valence-corrected chi connectivity index (χ0v) is 8.12. The van der Waals surface area contributed by atoms with Crippen LogP contribution in [-0.2, 0) is 0 Å². The predicted octanol–water partition coefficient (Wildman–Crippen LogP) is 2.02. The monoisotopic (exact) mass is 204 g/mol. The summed E-state index contributed by atoms with van der Waals surface area (Å²) in [6, 6.07) is 7.96. The number of nitrogens with zero attached hydrogens (tertiary/aromatic N) is 1. The lowest BCUT2D eigenvalue weighted by atomic mass is 10.0. The molecule has 2 aliphatic rings. The molecule has 70 valence electrons. The van der Waals surface area contributed by atoms with Crippen molar-refractivity contribution in [1.82, 2.24) is 0 Å². The maximum atomic E-state index is 5.67. The van der Waals surface area contributed by atoms with Crippen molar-refractivity contribution in [3.8, 4) is 5.75 Å². The molecule has 2 heterocycles. The highest BCUT2D eigenvalue weighted by Gasteiger charge is 2.30. The smallest absolute Gasteiger partial charge is 0.159 e. The molecule has 1 unspecified atom stereocenters. The minimum Gasteiger partial charge on any atom is -0.464 e. The third-order valence-electron chi connectivity index (χ3n) is 2.26. The lowest BCUT2D eigenvalue weighted by Crippen LogP contribution is -2.03. The Hall–Kier alpha value is -1.42. The molecule has 2 N–H and O–H groups in total. The fraction of sp³-hybridized carbons (Fsp3) is 0.100.